The highest BCUT2D eigenvalue weighted by Gasteiger charge is 1.97. The van der Waals surface area contributed by atoms with Crippen molar-refractivity contribution in [3.63, 3.8) is 0 Å². The lowest BCUT2D eigenvalue weighted by Gasteiger charge is -1.97. The number of halogens is 1. The summed E-state index contributed by atoms with van der Waals surface area (Å²) in [5.74, 6) is 0. The summed E-state index contributed by atoms with van der Waals surface area (Å²) in [7, 11) is -0.989. The molecule has 88 valence electrons. The lowest BCUT2D eigenvalue weighted by atomic mass is 10.2. The zero-order chi connectivity index (χ0) is 11.8. The van der Waals surface area contributed by atoms with Gasteiger partial charge in [-0.1, -0.05) is 39.7 Å². The quantitative estimate of drug-likeness (QED) is 0.569. The van der Waals surface area contributed by atoms with E-state index in [9.17, 15) is 4.21 Å². The molecule has 1 aromatic carbocycles. The van der Waals surface area contributed by atoms with Gasteiger partial charge in [-0.15, -0.1) is 0 Å². The first-order valence-electron chi connectivity index (χ1n) is 5.44. The number of rotatable bonds is 6. The summed E-state index contributed by atoms with van der Waals surface area (Å²) in [5, 5.41) is 2.83. The third-order valence-corrected chi connectivity index (χ3v) is 3.96. The second kappa shape index (κ2) is 7.80. The SMILES string of the molecule is Cc1ccc(S(=O)/C=C\CCCCBr)cc1. The predicted molar refractivity (Wildman–Crippen MR) is 74.4 cm³/mol. The van der Waals surface area contributed by atoms with Gasteiger partial charge >= 0.3 is 0 Å². The Morgan fingerprint density at radius 2 is 1.94 bits per heavy atom. The molecule has 0 N–H and O–H groups in total. The molecule has 0 bridgehead atoms. The van der Waals surface area contributed by atoms with E-state index in [1.165, 1.54) is 12.0 Å². The van der Waals surface area contributed by atoms with Crippen LogP contribution in [0.25, 0.3) is 0 Å². The highest BCUT2D eigenvalue weighted by Crippen LogP contribution is 2.10. The van der Waals surface area contributed by atoms with Crippen LogP contribution >= 0.6 is 15.9 Å². The van der Waals surface area contributed by atoms with Crippen molar-refractivity contribution in [3.05, 3.63) is 41.3 Å². The van der Waals surface area contributed by atoms with Crippen LogP contribution in [-0.2, 0) is 10.8 Å². The number of unbranched alkanes of at least 4 members (excludes halogenated alkanes) is 2. The lowest BCUT2D eigenvalue weighted by Crippen LogP contribution is -1.86. The predicted octanol–water partition coefficient (Wildman–Crippen LogP) is 4.18. The van der Waals surface area contributed by atoms with Crippen LogP contribution in [-0.4, -0.2) is 9.54 Å². The maximum atomic E-state index is 11.8. The second-order valence-corrected chi connectivity index (χ2v) is 5.80. The Balaban J connectivity index is 2.43. The fourth-order valence-corrected chi connectivity index (χ4v) is 2.53. The molecule has 0 aromatic heterocycles. The minimum Gasteiger partial charge on any atom is -0.250 e. The molecule has 3 heteroatoms. The molecule has 0 saturated heterocycles. The molecule has 1 atom stereocenters. The summed E-state index contributed by atoms with van der Waals surface area (Å²) in [6.45, 7) is 2.03. The van der Waals surface area contributed by atoms with E-state index >= 15 is 0 Å². The van der Waals surface area contributed by atoms with Gasteiger partial charge in [-0.25, -0.2) is 4.21 Å². The fraction of sp³-hybridized carbons (Fsp3) is 0.385. The van der Waals surface area contributed by atoms with E-state index in [0.29, 0.717) is 0 Å². The minimum atomic E-state index is -0.989. The summed E-state index contributed by atoms with van der Waals surface area (Å²) in [6.07, 6.45) is 5.33. The Kier molecular flexibility index (Phi) is 6.65. The average Bonchev–Trinajstić information content (AvgIpc) is 2.29. The highest BCUT2D eigenvalue weighted by molar-refractivity contribution is 9.09. The smallest absolute Gasteiger partial charge is 0.0772 e. The van der Waals surface area contributed by atoms with Gasteiger partial charge in [0, 0.05) is 15.6 Å². The van der Waals surface area contributed by atoms with Crippen LogP contribution in [0, 0.1) is 6.92 Å². The lowest BCUT2D eigenvalue weighted by molar-refractivity contribution is 0.688. The van der Waals surface area contributed by atoms with Crippen LogP contribution in [0.15, 0.2) is 40.6 Å². The largest absolute Gasteiger partial charge is 0.250 e. The topological polar surface area (TPSA) is 17.1 Å². The van der Waals surface area contributed by atoms with Crippen LogP contribution in [0.1, 0.15) is 24.8 Å². The van der Waals surface area contributed by atoms with Crippen molar-refractivity contribution in [2.24, 2.45) is 0 Å². The molecular formula is C13H17BrOS. The van der Waals surface area contributed by atoms with E-state index < -0.39 is 10.8 Å². The Morgan fingerprint density at radius 1 is 1.25 bits per heavy atom. The normalized spacial score (nSPS) is 13.1. The molecule has 0 saturated carbocycles. The first-order valence-corrected chi connectivity index (χ1v) is 7.77. The first kappa shape index (κ1) is 13.7. The molecule has 1 nitrogen and oxygen atoms in total. The number of alkyl halides is 1. The third-order valence-electron chi connectivity index (χ3n) is 2.23. The third kappa shape index (κ3) is 5.08. The molecule has 1 rings (SSSR count). The molecule has 16 heavy (non-hydrogen) atoms. The van der Waals surface area contributed by atoms with E-state index in [0.717, 1.165) is 23.1 Å². The van der Waals surface area contributed by atoms with Crippen LogP contribution in [0.5, 0.6) is 0 Å². The van der Waals surface area contributed by atoms with Crippen molar-refractivity contribution in [1.29, 1.82) is 0 Å². The van der Waals surface area contributed by atoms with Gasteiger partial charge in [-0.3, -0.25) is 0 Å². The number of allylic oxidation sites excluding steroid dienone is 1. The fourth-order valence-electron chi connectivity index (χ4n) is 1.26. The molecule has 0 aliphatic heterocycles. The van der Waals surface area contributed by atoms with Gasteiger partial charge in [-0.2, -0.15) is 0 Å². The van der Waals surface area contributed by atoms with Crippen molar-refractivity contribution >= 4 is 26.7 Å². The van der Waals surface area contributed by atoms with Gasteiger partial charge in [-0.05, 0) is 38.3 Å². The number of hydrogen-bond acceptors (Lipinski definition) is 1. The summed E-state index contributed by atoms with van der Waals surface area (Å²) in [5.41, 5.74) is 1.20. The van der Waals surface area contributed by atoms with Gasteiger partial charge in [0.05, 0.1) is 10.8 Å². The van der Waals surface area contributed by atoms with E-state index in [2.05, 4.69) is 15.9 Å². The van der Waals surface area contributed by atoms with Crippen LogP contribution in [0.3, 0.4) is 0 Å². The Bertz CT molecular complexity index is 357. The van der Waals surface area contributed by atoms with Crippen molar-refractivity contribution in [3.8, 4) is 0 Å². The van der Waals surface area contributed by atoms with Gasteiger partial charge in [0.1, 0.15) is 0 Å². The molecule has 0 aliphatic rings. The number of aryl methyl sites for hydroxylation is 1. The number of hydrogen-bond donors (Lipinski definition) is 0. The summed E-state index contributed by atoms with van der Waals surface area (Å²) in [6, 6.07) is 7.83. The van der Waals surface area contributed by atoms with E-state index in [1.807, 2.05) is 37.3 Å². The molecule has 1 aromatic rings. The molecule has 0 amide bonds. The molecule has 0 radical (unpaired) electrons. The second-order valence-electron chi connectivity index (χ2n) is 3.67. The number of benzene rings is 1. The van der Waals surface area contributed by atoms with Gasteiger partial charge in [0.2, 0.25) is 0 Å². The summed E-state index contributed by atoms with van der Waals surface area (Å²) < 4.78 is 11.8. The maximum Gasteiger partial charge on any atom is 0.0772 e. The summed E-state index contributed by atoms with van der Waals surface area (Å²) in [4.78, 5) is 0.877. The van der Waals surface area contributed by atoms with Crippen molar-refractivity contribution in [1.82, 2.24) is 0 Å². The molecule has 0 aliphatic carbocycles. The van der Waals surface area contributed by atoms with E-state index in [4.69, 9.17) is 0 Å². The van der Waals surface area contributed by atoms with Crippen LogP contribution in [0.4, 0.5) is 0 Å². The first-order chi connectivity index (χ1) is 7.74. The zero-order valence-corrected chi connectivity index (χ0v) is 11.9. The molecule has 0 fully saturated rings. The van der Waals surface area contributed by atoms with Crippen LogP contribution in [0.2, 0.25) is 0 Å². The molecular weight excluding hydrogens is 284 g/mol. The molecule has 1 unspecified atom stereocenters. The summed E-state index contributed by atoms with van der Waals surface area (Å²) >= 11 is 3.39. The zero-order valence-electron chi connectivity index (χ0n) is 9.49. The van der Waals surface area contributed by atoms with Crippen molar-refractivity contribution in [2.45, 2.75) is 31.1 Å². The Labute approximate surface area is 109 Å². The van der Waals surface area contributed by atoms with E-state index in [1.54, 1.807) is 5.41 Å². The van der Waals surface area contributed by atoms with Crippen molar-refractivity contribution < 1.29 is 4.21 Å². The monoisotopic (exact) mass is 300 g/mol. The van der Waals surface area contributed by atoms with Crippen molar-refractivity contribution in [2.75, 3.05) is 5.33 Å². The molecule has 0 heterocycles. The van der Waals surface area contributed by atoms with Gasteiger partial charge < -0.3 is 0 Å². The van der Waals surface area contributed by atoms with Gasteiger partial charge in [0.25, 0.3) is 0 Å². The standard InChI is InChI=1S/C13H17BrOS/c1-12-6-8-13(9-7-12)16(15)11-5-3-2-4-10-14/h5-9,11H,2-4,10H2,1H3/b11-5-. The Morgan fingerprint density at radius 3 is 2.56 bits per heavy atom. The van der Waals surface area contributed by atoms with Gasteiger partial charge in [0.15, 0.2) is 0 Å². The maximum absolute atomic E-state index is 11.8. The highest BCUT2D eigenvalue weighted by atomic mass is 79.9. The average molecular weight is 301 g/mol. The Hall–Kier alpha value is -0.410. The molecule has 0 spiro atoms. The van der Waals surface area contributed by atoms with Crippen LogP contribution < -0.4 is 0 Å². The van der Waals surface area contributed by atoms with E-state index in [-0.39, 0.29) is 0 Å². The minimum absolute atomic E-state index is 0.877.